The normalized spacial score (nSPS) is 12.3. The third kappa shape index (κ3) is 4.76. The standard InChI is InChI=1S/C17H14N4O8S2/c1-30(25,26)12-6-2-10(3-7-12)18-19-14-15(17(23)24)20-21(16(14)22)11-4-8-13(9-5-11)31(27,28)29/h2-9,20H,1H3,(H,23,24)(H,27,28,29). The summed E-state index contributed by atoms with van der Waals surface area (Å²) in [6, 6.07) is 9.65. The van der Waals surface area contributed by atoms with Crippen LogP contribution in [0.2, 0.25) is 0 Å². The number of H-pyrrole nitrogens is 1. The van der Waals surface area contributed by atoms with Gasteiger partial charge in [0, 0.05) is 6.26 Å². The van der Waals surface area contributed by atoms with Gasteiger partial charge in [0.1, 0.15) is 0 Å². The summed E-state index contributed by atoms with van der Waals surface area (Å²) in [5.74, 6) is -1.49. The van der Waals surface area contributed by atoms with Gasteiger partial charge < -0.3 is 5.11 Å². The van der Waals surface area contributed by atoms with Crippen molar-refractivity contribution in [1.82, 2.24) is 9.78 Å². The van der Waals surface area contributed by atoms with Gasteiger partial charge in [0.25, 0.3) is 15.7 Å². The van der Waals surface area contributed by atoms with Gasteiger partial charge in [-0.05, 0) is 48.5 Å². The molecule has 0 radical (unpaired) electrons. The molecular weight excluding hydrogens is 452 g/mol. The Morgan fingerprint density at radius 1 is 0.935 bits per heavy atom. The molecule has 0 amide bonds. The molecule has 162 valence electrons. The highest BCUT2D eigenvalue weighted by molar-refractivity contribution is 7.90. The van der Waals surface area contributed by atoms with Crippen LogP contribution in [0.1, 0.15) is 10.5 Å². The molecule has 1 aromatic heterocycles. The van der Waals surface area contributed by atoms with E-state index in [0.29, 0.717) is 0 Å². The third-order valence-corrected chi connectivity index (χ3v) is 6.00. The lowest BCUT2D eigenvalue weighted by Gasteiger charge is -2.02. The summed E-state index contributed by atoms with van der Waals surface area (Å²) >= 11 is 0. The zero-order chi connectivity index (χ0) is 23.0. The minimum atomic E-state index is -4.44. The lowest BCUT2D eigenvalue weighted by molar-refractivity contribution is 0.0690. The van der Waals surface area contributed by atoms with Crippen molar-refractivity contribution in [3.05, 3.63) is 64.6 Å². The van der Waals surface area contributed by atoms with E-state index in [2.05, 4.69) is 15.3 Å². The Labute approximate surface area is 175 Å². The maximum atomic E-state index is 12.7. The Kier molecular flexibility index (Phi) is 5.62. The second kappa shape index (κ2) is 7.90. The van der Waals surface area contributed by atoms with Crippen molar-refractivity contribution >= 4 is 37.3 Å². The van der Waals surface area contributed by atoms with E-state index in [1.54, 1.807) is 0 Å². The first-order valence-electron chi connectivity index (χ1n) is 8.26. The molecule has 14 heteroatoms. The molecule has 0 atom stereocenters. The third-order valence-electron chi connectivity index (χ3n) is 4.00. The van der Waals surface area contributed by atoms with E-state index in [1.165, 1.54) is 36.4 Å². The molecule has 0 aliphatic heterocycles. The van der Waals surface area contributed by atoms with Crippen LogP contribution in [0.5, 0.6) is 0 Å². The summed E-state index contributed by atoms with van der Waals surface area (Å²) in [6.45, 7) is 0. The molecule has 12 nitrogen and oxygen atoms in total. The van der Waals surface area contributed by atoms with Crippen LogP contribution >= 0.6 is 0 Å². The molecule has 3 rings (SSSR count). The van der Waals surface area contributed by atoms with E-state index in [0.717, 1.165) is 23.1 Å². The first-order chi connectivity index (χ1) is 14.4. The summed E-state index contributed by atoms with van der Waals surface area (Å²) in [7, 11) is -7.86. The molecule has 31 heavy (non-hydrogen) atoms. The van der Waals surface area contributed by atoms with Gasteiger partial charge >= 0.3 is 5.97 Å². The molecule has 1 heterocycles. The number of hydrogen-bond acceptors (Lipinski definition) is 8. The van der Waals surface area contributed by atoms with Crippen LogP contribution in [0.15, 0.2) is 73.3 Å². The molecule has 0 saturated carbocycles. The fraction of sp³-hybridized carbons (Fsp3) is 0.0588. The number of aromatic carboxylic acids is 1. The Morgan fingerprint density at radius 3 is 1.97 bits per heavy atom. The number of aromatic amines is 1. The summed E-state index contributed by atoms with van der Waals surface area (Å²) in [4.78, 5) is 23.8. The number of carboxylic acids is 1. The largest absolute Gasteiger partial charge is 0.476 e. The topological polar surface area (TPSA) is 188 Å². The molecule has 0 saturated heterocycles. The van der Waals surface area contributed by atoms with Gasteiger partial charge in [-0.2, -0.15) is 13.5 Å². The van der Waals surface area contributed by atoms with E-state index in [4.69, 9.17) is 4.55 Å². The second-order valence-electron chi connectivity index (χ2n) is 6.22. The number of carbonyl (C=O) groups is 1. The van der Waals surface area contributed by atoms with Crippen molar-refractivity contribution in [1.29, 1.82) is 0 Å². The fourth-order valence-electron chi connectivity index (χ4n) is 2.49. The molecule has 3 N–H and O–H groups in total. The van der Waals surface area contributed by atoms with Crippen molar-refractivity contribution in [3.63, 3.8) is 0 Å². The Balaban J connectivity index is 2.02. The number of nitrogens with zero attached hydrogens (tertiary/aromatic N) is 3. The molecule has 3 aromatic rings. The molecule has 0 bridgehead atoms. The molecule has 0 aliphatic rings. The number of carboxylic acid groups (broad SMARTS) is 1. The number of hydrogen-bond donors (Lipinski definition) is 3. The highest BCUT2D eigenvalue weighted by Crippen LogP contribution is 2.21. The number of nitrogens with one attached hydrogen (secondary N) is 1. The summed E-state index contributed by atoms with van der Waals surface area (Å²) in [5.41, 5.74) is -1.72. The Bertz CT molecular complexity index is 1450. The number of aromatic nitrogens is 2. The van der Waals surface area contributed by atoms with Crippen molar-refractivity contribution < 1.29 is 31.3 Å². The molecule has 0 unspecified atom stereocenters. The minimum Gasteiger partial charge on any atom is -0.476 e. The van der Waals surface area contributed by atoms with Crippen molar-refractivity contribution in [2.75, 3.05) is 6.26 Å². The summed E-state index contributed by atoms with van der Waals surface area (Å²) < 4.78 is 55.1. The monoisotopic (exact) mass is 466 g/mol. The predicted octanol–water partition coefficient (Wildman–Crippen LogP) is 1.93. The Morgan fingerprint density at radius 2 is 1.48 bits per heavy atom. The zero-order valence-electron chi connectivity index (χ0n) is 15.6. The predicted molar refractivity (Wildman–Crippen MR) is 107 cm³/mol. The SMILES string of the molecule is CS(=O)(=O)c1ccc(N=Nc2c(C(=O)O)[nH]n(-c3ccc(S(=O)(=O)O)cc3)c2=O)cc1. The van der Waals surface area contributed by atoms with Gasteiger partial charge in [0.15, 0.2) is 21.2 Å². The van der Waals surface area contributed by atoms with Crippen LogP contribution in [0, 0.1) is 0 Å². The average Bonchev–Trinajstić information content (AvgIpc) is 3.02. The summed E-state index contributed by atoms with van der Waals surface area (Å²) in [6.07, 6.45) is 1.04. The van der Waals surface area contributed by atoms with E-state index in [9.17, 15) is 31.5 Å². The average molecular weight is 466 g/mol. The van der Waals surface area contributed by atoms with Gasteiger partial charge in [0.2, 0.25) is 0 Å². The van der Waals surface area contributed by atoms with Crippen molar-refractivity contribution in [2.45, 2.75) is 9.79 Å². The van der Waals surface area contributed by atoms with Gasteiger partial charge in [-0.1, -0.05) is 0 Å². The quantitative estimate of drug-likeness (QED) is 0.363. The number of benzene rings is 2. The molecule has 0 aliphatic carbocycles. The van der Waals surface area contributed by atoms with Gasteiger partial charge in [0.05, 0.1) is 21.2 Å². The van der Waals surface area contributed by atoms with Crippen molar-refractivity contribution in [3.8, 4) is 5.69 Å². The van der Waals surface area contributed by atoms with Crippen LogP contribution in [0.4, 0.5) is 11.4 Å². The van der Waals surface area contributed by atoms with Gasteiger partial charge in [-0.3, -0.25) is 14.4 Å². The minimum absolute atomic E-state index is 0.0509. The fourth-order valence-corrected chi connectivity index (χ4v) is 3.60. The smallest absolute Gasteiger partial charge is 0.356 e. The first kappa shape index (κ1) is 22.1. The highest BCUT2D eigenvalue weighted by atomic mass is 32.2. The molecule has 0 fully saturated rings. The van der Waals surface area contributed by atoms with Gasteiger partial charge in [-0.15, -0.1) is 5.11 Å². The lowest BCUT2D eigenvalue weighted by Crippen LogP contribution is -2.14. The zero-order valence-corrected chi connectivity index (χ0v) is 17.3. The van der Waals surface area contributed by atoms with Crippen LogP contribution in [-0.4, -0.2) is 48.5 Å². The second-order valence-corrected chi connectivity index (χ2v) is 9.65. The van der Waals surface area contributed by atoms with Crippen LogP contribution in [0.25, 0.3) is 5.69 Å². The number of azo groups is 1. The van der Waals surface area contributed by atoms with Crippen LogP contribution < -0.4 is 5.56 Å². The van der Waals surface area contributed by atoms with E-state index >= 15 is 0 Å². The maximum absolute atomic E-state index is 12.7. The van der Waals surface area contributed by atoms with Gasteiger partial charge in [-0.25, -0.2) is 17.9 Å². The van der Waals surface area contributed by atoms with E-state index in [1.807, 2.05) is 0 Å². The van der Waals surface area contributed by atoms with Crippen molar-refractivity contribution in [2.24, 2.45) is 10.2 Å². The van der Waals surface area contributed by atoms with E-state index < -0.39 is 47.8 Å². The summed E-state index contributed by atoms with van der Waals surface area (Å²) in [5, 5.41) is 19.2. The number of rotatable bonds is 6. The number of sulfone groups is 1. The molecule has 2 aromatic carbocycles. The van der Waals surface area contributed by atoms with Crippen LogP contribution in [-0.2, 0) is 20.0 Å². The molecular formula is C17H14N4O8S2. The first-order valence-corrected chi connectivity index (χ1v) is 11.6. The highest BCUT2D eigenvalue weighted by Gasteiger charge is 2.21. The van der Waals surface area contributed by atoms with Crippen LogP contribution in [0.3, 0.4) is 0 Å². The molecule has 0 spiro atoms. The Hall–Kier alpha value is -3.62. The van der Waals surface area contributed by atoms with E-state index in [-0.39, 0.29) is 16.3 Å². The maximum Gasteiger partial charge on any atom is 0.356 e. The lowest BCUT2D eigenvalue weighted by atomic mass is 10.3.